The first-order chi connectivity index (χ1) is 6.43. The van der Waals surface area contributed by atoms with E-state index in [1.54, 1.807) is 11.8 Å². The second-order valence-electron chi connectivity index (χ2n) is 3.54. The van der Waals surface area contributed by atoms with Crippen LogP contribution in [0.3, 0.4) is 0 Å². The number of nitrogens with zero attached hydrogens (tertiary/aromatic N) is 4. The monoisotopic (exact) mass is 197 g/mol. The fourth-order valence-corrected chi connectivity index (χ4v) is 2.38. The first-order valence-corrected chi connectivity index (χ1v) is 5.46. The summed E-state index contributed by atoms with van der Waals surface area (Å²) in [5.41, 5.74) is 0. The van der Waals surface area contributed by atoms with Gasteiger partial charge in [0.2, 0.25) is 5.16 Å². The van der Waals surface area contributed by atoms with E-state index in [2.05, 4.69) is 20.8 Å². The Morgan fingerprint density at radius 1 is 1.38 bits per heavy atom. The number of hydrogen-bond donors (Lipinski definition) is 1. The molecule has 0 aromatic carbocycles. The second-order valence-corrected chi connectivity index (χ2v) is 4.80. The third-order valence-electron chi connectivity index (χ3n) is 2.37. The van der Waals surface area contributed by atoms with Crippen molar-refractivity contribution in [1.82, 2.24) is 25.5 Å². The molecule has 0 radical (unpaired) electrons. The molecule has 13 heavy (non-hydrogen) atoms. The lowest BCUT2D eigenvalue weighted by molar-refractivity contribution is 0.532. The first-order valence-electron chi connectivity index (χ1n) is 4.59. The van der Waals surface area contributed by atoms with E-state index in [9.17, 15) is 0 Å². The smallest absolute Gasteiger partial charge is 0.209 e. The highest BCUT2D eigenvalue weighted by molar-refractivity contribution is 7.99. The third kappa shape index (κ3) is 1.44. The molecule has 1 aliphatic carbocycles. The number of tetrazole rings is 1. The van der Waals surface area contributed by atoms with Crippen LogP contribution in [0.4, 0.5) is 0 Å². The maximum Gasteiger partial charge on any atom is 0.209 e. The van der Waals surface area contributed by atoms with Crippen molar-refractivity contribution in [1.29, 1.82) is 0 Å². The molecule has 2 aliphatic rings. The molecule has 5 nitrogen and oxygen atoms in total. The Morgan fingerprint density at radius 2 is 2.23 bits per heavy atom. The fourth-order valence-electron chi connectivity index (χ4n) is 1.31. The highest BCUT2D eigenvalue weighted by atomic mass is 32.2. The average molecular weight is 197 g/mol. The van der Waals surface area contributed by atoms with Crippen LogP contribution in [0, 0.1) is 0 Å². The summed E-state index contributed by atoms with van der Waals surface area (Å²) in [6.07, 6.45) is 2.48. The van der Waals surface area contributed by atoms with E-state index >= 15 is 0 Å². The van der Waals surface area contributed by atoms with E-state index in [1.165, 1.54) is 12.8 Å². The summed E-state index contributed by atoms with van der Waals surface area (Å²) in [5.74, 6) is 0. The van der Waals surface area contributed by atoms with Gasteiger partial charge >= 0.3 is 0 Å². The number of hydrogen-bond acceptors (Lipinski definition) is 5. The lowest BCUT2D eigenvalue weighted by Gasteiger charge is -2.25. The van der Waals surface area contributed by atoms with Gasteiger partial charge in [0, 0.05) is 18.3 Å². The van der Waals surface area contributed by atoms with Crippen molar-refractivity contribution in [2.75, 3.05) is 13.1 Å². The molecule has 2 heterocycles. The van der Waals surface area contributed by atoms with Crippen molar-refractivity contribution in [2.24, 2.45) is 0 Å². The lowest BCUT2D eigenvalue weighted by Crippen LogP contribution is -2.44. The van der Waals surface area contributed by atoms with E-state index < -0.39 is 0 Å². The minimum absolute atomic E-state index is 0.588. The molecule has 1 saturated heterocycles. The van der Waals surface area contributed by atoms with Crippen molar-refractivity contribution < 1.29 is 0 Å². The molecule has 0 bridgehead atoms. The molecule has 0 unspecified atom stereocenters. The zero-order valence-electron chi connectivity index (χ0n) is 7.18. The highest BCUT2D eigenvalue weighted by Gasteiger charge is 2.29. The maximum absolute atomic E-state index is 4.04. The van der Waals surface area contributed by atoms with Crippen molar-refractivity contribution in [2.45, 2.75) is 29.3 Å². The summed E-state index contributed by atoms with van der Waals surface area (Å²) < 4.78 is 1.98. The summed E-state index contributed by atoms with van der Waals surface area (Å²) >= 11 is 1.80. The molecule has 1 saturated carbocycles. The van der Waals surface area contributed by atoms with Gasteiger partial charge < -0.3 is 5.32 Å². The van der Waals surface area contributed by atoms with E-state index in [1.807, 2.05) is 4.68 Å². The quantitative estimate of drug-likeness (QED) is 0.743. The molecule has 3 rings (SSSR count). The predicted molar refractivity (Wildman–Crippen MR) is 48.6 cm³/mol. The Labute approximate surface area is 80.3 Å². The summed E-state index contributed by atoms with van der Waals surface area (Å²) in [6.45, 7) is 2.17. The van der Waals surface area contributed by atoms with Crippen LogP contribution >= 0.6 is 11.8 Å². The van der Waals surface area contributed by atoms with Crippen molar-refractivity contribution >= 4 is 11.8 Å². The lowest BCUT2D eigenvalue weighted by atomic mass is 10.3. The van der Waals surface area contributed by atoms with E-state index in [0.29, 0.717) is 11.3 Å². The van der Waals surface area contributed by atoms with Gasteiger partial charge in [0.15, 0.2) is 0 Å². The minimum atomic E-state index is 0.588. The molecule has 2 fully saturated rings. The average Bonchev–Trinajstić information content (AvgIpc) is 2.79. The standard InChI is InChI=1S/C7H11N5S/c1-2-5(1)12-7(9-10-11-12)13-6-3-8-4-6/h5-6,8H,1-4H2. The van der Waals surface area contributed by atoms with Gasteiger partial charge in [-0.05, 0) is 23.3 Å². The Hall–Kier alpha value is -0.620. The van der Waals surface area contributed by atoms with Crippen LogP contribution in [0.25, 0.3) is 0 Å². The van der Waals surface area contributed by atoms with Gasteiger partial charge in [-0.1, -0.05) is 11.8 Å². The van der Waals surface area contributed by atoms with Gasteiger partial charge in [0.05, 0.1) is 6.04 Å². The zero-order chi connectivity index (χ0) is 8.67. The van der Waals surface area contributed by atoms with Gasteiger partial charge in [0.1, 0.15) is 0 Å². The van der Waals surface area contributed by atoms with Crippen molar-refractivity contribution in [3.05, 3.63) is 0 Å². The largest absolute Gasteiger partial charge is 0.314 e. The second kappa shape index (κ2) is 2.95. The van der Waals surface area contributed by atoms with Crippen molar-refractivity contribution in [3.63, 3.8) is 0 Å². The molecule has 0 amide bonds. The predicted octanol–water partition coefficient (Wildman–Crippen LogP) is 0.0719. The molecular weight excluding hydrogens is 186 g/mol. The normalized spacial score (nSPS) is 23.1. The molecule has 0 atom stereocenters. The molecule has 6 heteroatoms. The SMILES string of the molecule is C1NCC1Sc1nnnn1C1CC1. The van der Waals surface area contributed by atoms with Crippen LogP contribution in [0.2, 0.25) is 0 Å². The van der Waals surface area contributed by atoms with Gasteiger partial charge in [-0.2, -0.15) is 0 Å². The molecular formula is C7H11N5S. The number of aromatic nitrogens is 4. The molecule has 1 N–H and O–H groups in total. The summed E-state index contributed by atoms with van der Waals surface area (Å²) in [6, 6.07) is 0.588. The van der Waals surface area contributed by atoms with Crippen LogP contribution in [-0.4, -0.2) is 38.5 Å². The topological polar surface area (TPSA) is 55.6 Å². The van der Waals surface area contributed by atoms with Crippen LogP contribution < -0.4 is 5.32 Å². The Kier molecular flexibility index (Phi) is 1.76. The number of rotatable bonds is 3. The minimum Gasteiger partial charge on any atom is -0.314 e. The fraction of sp³-hybridized carbons (Fsp3) is 0.857. The molecule has 1 aromatic heterocycles. The van der Waals surface area contributed by atoms with Gasteiger partial charge in [-0.3, -0.25) is 0 Å². The summed E-state index contributed by atoms with van der Waals surface area (Å²) in [5, 5.41) is 16.7. The molecule has 1 aliphatic heterocycles. The maximum atomic E-state index is 4.04. The Morgan fingerprint density at radius 3 is 2.85 bits per heavy atom. The Bertz CT molecular complexity index is 304. The Balaban J connectivity index is 1.74. The van der Waals surface area contributed by atoms with Crippen LogP contribution in [0.1, 0.15) is 18.9 Å². The van der Waals surface area contributed by atoms with Crippen molar-refractivity contribution in [3.8, 4) is 0 Å². The van der Waals surface area contributed by atoms with Gasteiger partial charge in [-0.25, -0.2) is 4.68 Å². The zero-order valence-corrected chi connectivity index (χ0v) is 8.00. The van der Waals surface area contributed by atoms with Crippen LogP contribution in [0.15, 0.2) is 5.16 Å². The van der Waals surface area contributed by atoms with Gasteiger partial charge in [-0.15, -0.1) is 5.10 Å². The molecule has 1 aromatic rings. The number of thioether (sulfide) groups is 1. The van der Waals surface area contributed by atoms with Crippen LogP contribution in [0.5, 0.6) is 0 Å². The molecule has 0 spiro atoms. The van der Waals surface area contributed by atoms with Crippen LogP contribution in [-0.2, 0) is 0 Å². The first kappa shape index (κ1) is 7.75. The van der Waals surface area contributed by atoms with E-state index in [0.717, 1.165) is 18.2 Å². The summed E-state index contributed by atoms with van der Waals surface area (Å²) in [4.78, 5) is 0. The van der Waals surface area contributed by atoms with Gasteiger partial charge in [0.25, 0.3) is 0 Å². The van der Waals surface area contributed by atoms with E-state index in [-0.39, 0.29) is 0 Å². The third-order valence-corrected chi connectivity index (χ3v) is 3.52. The summed E-state index contributed by atoms with van der Waals surface area (Å²) in [7, 11) is 0. The molecule has 70 valence electrons. The highest BCUT2D eigenvalue weighted by Crippen LogP contribution is 2.37. The van der Waals surface area contributed by atoms with E-state index in [4.69, 9.17) is 0 Å². The number of nitrogens with one attached hydrogen (secondary N) is 1.